The summed E-state index contributed by atoms with van der Waals surface area (Å²) in [4.78, 5) is 26.7. The van der Waals surface area contributed by atoms with Crippen molar-refractivity contribution in [3.8, 4) is 0 Å². The molecule has 6 heteroatoms. The van der Waals surface area contributed by atoms with Gasteiger partial charge in [0.05, 0.1) is 13.4 Å². The molecular formula is C9H13N3O3. The number of aromatic nitrogens is 2. The first-order chi connectivity index (χ1) is 7.15. The van der Waals surface area contributed by atoms with Crippen LogP contribution in [0.2, 0.25) is 0 Å². The highest BCUT2D eigenvalue weighted by Gasteiger charge is 2.22. The summed E-state index contributed by atoms with van der Waals surface area (Å²) in [5, 5.41) is 2.45. The van der Waals surface area contributed by atoms with Gasteiger partial charge in [-0.3, -0.25) is 4.79 Å². The minimum atomic E-state index is -0.610. The van der Waals surface area contributed by atoms with E-state index in [-0.39, 0.29) is 17.3 Å². The van der Waals surface area contributed by atoms with E-state index in [4.69, 9.17) is 0 Å². The van der Waals surface area contributed by atoms with Gasteiger partial charge in [-0.25, -0.2) is 9.78 Å². The third-order valence-electron chi connectivity index (χ3n) is 2.00. The standard InChI is InChI=1S/C9H13N3O3/c1-4-12-5-11-6(9(14)15-3)7(12)8(13)10-2/h5H,4H2,1-3H3,(H,10,13). The molecule has 1 aromatic rings. The lowest BCUT2D eigenvalue weighted by atomic mass is 10.3. The minimum Gasteiger partial charge on any atom is -0.464 e. The van der Waals surface area contributed by atoms with Crippen molar-refractivity contribution in [1.29, 1.82) is 0 Å². The SMILES string of the molecule is CCn1cnc(C(=O)OC)c1C(=O)NC. The molecule has 0 aliphatic carbocycles. The van der Waals surface area contributed by atoms with E-state index in [0.29, 0.717) is 6.54 Å². The number of nitrogens with one attached hydrogen (secondary N) is 1. The van der Waals surface area contributed by atoms with Gasteiger partial charge in [0.25, 0.3) is 5.91 Å². The lowest BCUT2D eigenvalue weighted by Crippen LogP contribution is -2.24. The van der Waals surface area contributed by atoms with E-state index in [0.717, 1.165) is 0 Å². The Labute approximate surface area is 87.2 Å². The van der Waals surface area contributed by atoms with E-state index in [1.54, 1.807) is 4.57 Å². The molecule has 0 aromatic carbocycles. The summed E-state index contributed by atoms with van der Waals surface area (Å²) < 4.78 is 6.12. The number of carbonyl (C=O) groups excluding carboxylic acids is 2. The van der Waals surface area contributed by atoms with Crippen molar-refractivity contribution in [3.63, 3.8) is 0 Å². The molecule has 82 valence electrons. The van der Waals surface area contributed by atoms with E-state index in [1.165, 1.54) is 20.5 Å². The molecule has 1 N–H and O–H groups in total. The first-order valence-electron chi connectivity index (χ1n) is 4.51. The number of imidazole rings is 1. The van der Waals surface area contributed by atoms with Crippen LogP contribution in [-0.2, 0) is 11.3 Å². The Kier molecular flexibility index (Phi) is 3.43. The van der Waals surface area contributed by atoms with Crippen molar-refractivity contribution < 1.29 is 14.3 Å². The molecule has 0 saturated carbocycles. The van der Waals surface area contributed by atoms with Crippen molar-refractivity contribution in [2.45, 2.75) is 13.5 Å². The molecular weight excluding hydrogens is 198 g/mol. The topological polar surface area (TPSA) is 73.2 Å². The quantitative estimate of drug-likeness (QED) is 0.717. The average molecular weight is 211 g/mol. The zero-order valence-corrected chi connectivity index (χ0v) is 8.90. The minimum absolute atomic E-state index is 0.0405. The van der Waals surface area contributed by atoms with Gasteiger partial charge in [0.2, 0.25) is 0 Å². The van der Waals surface area contributed by atoms with Gasteiger partial charge in [0.15, 0.2) is 5.69 Å². The zero-order chi connectivity index (χ0) is 11.4. The maximum absolute atomic E-state index is 11.5. The third-order valence-corrected chi connectivity index (χ3v) is 2.00. The number of aryl methyl sites for hydroxylation is 1. The fourth-order valence-electron chi connectivity index (χ4n) is 1.22. The first kappa shape index (κ1) is 11.2. The number of ether oxygens (including phenoxy) is 1. The number of carbonyl (C=O) groups is 2. The Hall–Kier alpha value is -1.85. The van der Waals surface area contributed by atoms with Gasteiger partial charge in [-0.1, -0.05) is 0 Å². The molecule has 6 nitrogen and oxygen atoms in total. The first-order valence-corrected chi connectivity index (χ1v) is 4.51. The number of amides is 1. The number of rotatable bonds is 3. The molecule has 0 radical (unpaired) electrons. The summed E-state index contributed by atoms with van der Waals surface area (Å²) in [7, 11) is 2.75. The Morgan fingerprint density at radius 1 is 1.60 bits per heavy atom. The van der Waals surface area contributed by atoms with Gasteiger partial charge < -0.3 is 14.6 Å². The molecule has 0 aliphatic heterocycles. The van der Waals surface area contributed by atoms with Crippen LogP contribution < -0.4 is 5.32 Å². The second-order valence-electron chi connectivity index (χ2n) is 2.80. The van der Waals surface area contributed by atoms with Crippen molar-refractivity contribution in [2.24, 2.45) is 0 Å². The molecule has 0 aliphatic rings. The monoisotopic (exact) mass is 211 g/mol. The lowest BCUT2D eigenvalue weighted by molar-refractivity contribution is 0.0590. The predicted molar refractivity (Wildman–Crippen MR) is 52.6 cm³/mol. The number of hydrogen-bond acceptors (Lipinski definition) is 4. The average Bonchev–Trinajstić information content (AvgIpc) is 2.70. The Morgan fingerprint density at radius 3 is 2.73 bits per heavy atom. The highest BCUT2D eigenvalue weighted by Crippen LogP contribution is 2.08. The molecule has 0 spiro atoms. The summed E-state index contributed by atoms with van der Waals surface area (Å²) >= 11 is 0. The van der Waals surface area contributed by atoms with Gasteiger partial charge >= 0.3 is 5.97 Å². The second-order valence-corrected chi connectivity index (χ2v) is 2.80. The van der Waals surface area contributed by atoms with Crippen LogP contribution >= 0.6 is 0 Å². The number of methoxy groups -OCH3 is 1. The largest absolute Gasteiger partial charge is 0.464 e. The number of nitrogens with zero attached hydrogens (tertiary/aromatic N) is 2. The van der Waals surface area contributed by atoms with E-state index >= 15 is 0 Å². The van der Waals surface area contributed by atoms with Crippen LogP contribution in [0, 0.1) is 0 Å². The Bertz CT molecular complexity index is 384. The molecule has 0 bridgehead atoms. The maximum atomic E-state index is 11.5. The van der Waals surface area contributed by atoms with Crippen molar-refractivity contribution in [3.05, 3.63) is 17.7 Å². The summed E-state index contributed by atoms with van der Waals surface area (Å²) in [5.41, 5.74) is 0.269. The highest BCUT2D eigenvalue weighted by atomic mass is 16.5. The zero-order valence-electron chi connectivity index (χ0n) is 8.90. The molecule has 1 heterocycles. The predicted octanol–water partition coefficient (Wildman–Crippen LogP) is 0.0492. The van der Waals surface area contributed by atoms with Gasteiger partial charge in [0.1, 0.15) is 5.69 Å². The van der Waals surface area contributed by atoms with Crippen molar-refractivity contribution in [2.75, 3.05) is 14.2 Å². The van der Waals surface area contributed by atoms with E-state index < -0.39 is 5.97 Å². The van der Waals surface area contributed by atoms with Gasteiger partial charge in [-0.05, 0) is 6.92 Å². The maximum Gasteiger partial charge on any atom is 0.359 e. The van der Waals surface area contributed by atoms with E-state index in [2.05, 4.69) is 15.0 Å². The molecule has 0 atom stereocenters. The Morgan fingerprint density at radius 2 is 2.27 bits per heavy atom. The number of hydrogen-bond donors (Lipinski definition) is 1. The fourth-order valence-corrected chi connectivity index (χ4v) is 1.22. The molecule has 1 rings (SSSR count). The third kappa shape index (κ3) is 1.98. The second kappa shape index (κ2) is 4.59. The molecule has 1 aromatic heterocycles. The number of esters is 1. The highest BCUT2D eigenvalue weighted by molar-refractivity contribution is 6.02. The Balaban J connectivity index is 3.23. The fraction of sp³-hybridized carbons (Fsp3) is 0.444. The van der Waals surface area contributed by atoms with Crippen LogP contribution in [0.4, 0.5) is 0 Å². The van der Waals surface area contributed by atoms with Crippen molar-refractivity contribution >= 4 is 11.9 Å². The van der Waals surface area contributed by atoms with Crippen LogP contribution in [0.1, 0.15) is 27.9 Å². The van der Waals surface area contributed by atoms with Gasteiger partial charge in [-0.15, -0.1) is 0 Å². The van der Waals surface area contributed by atoms with Crippen molar-refractivity contribution in [1.82, 2.24) is 14.9 Å². The van der Waals surface area contributed by atoms with Gasteiger partial charge in [-0.2, -0.15) is 0 Å². The van der Waals surface area contributed by atoms with Crippen LogP contribution in [-0.4, -0.2) is 35.6 Å². The summed E-state index contributed by atoms with van der Waals surface area (Å²) in [6, 6.07) is 0. The molecule has 1 amide bonds. The molecule has 0 unspecified atom stereocenters. The molecule has 0 fully saturated rings. The van der Waals surface area contributed by atoms with Crippen LogP contribution in [0.25, 0.3) is 0 Å². The van der Waals surface area contributed by atoms with Gasteiger partial charge in [0, 0.05) is 13.6 Å². The normalized spacial score (nSPS) is 9.80. The molecule has 15 heavy (non-hydrogen) atoms. The summed E-state index contributed by atoms with van der Waals surface area (Å²) in [6.07, 6.45) is 1.44. The van der Waals surface area contributed by atoms with Crippen LogP contribution in [0.5, 0.6) is 0 Å². The van der Waals surface area contributed by atoms with Crippen LogP contribution in [0.15, 0.2) is 6.33 Å². The van der Waals surface area contributed by atoms with E-state index in [1.807, 2.05) is 6.92 Å². The summed E-state index contributed by atoms with van der Waals surface area (Å²) in [5.74, 6) is -0.962. The smallest absolute Gasteiger partial charge is 0.359 e. The molecule has 0 saturated heterocycles. The van der Waals surface area contributed by atoms with Crippen LogP contribution in [0.3, 0.4) is 0 Å². The summed E-state index contributed by atoms with van der Waals surface area (Å²) in [6.45, 7) is 2.42. The lowest BCUT2D eigenvalue weighted by Gasteiger charge is -2.05. The van der Waals surface area contributed by atoms with E-state index in [9.17, 15) is 9.59 Å².